The number of allylic oxidation sites excluding steroid dienone is 2. The highest BCUT2D eigenvalue weighted by Gasteiger charge is 2.48. The lowest BCUT2D eigenvalue weighted by atomic mass is 9.85. The fourth-order valence-corrected chi connectivity index (χ4v) is 5.02. The molecule has 3 heterocycles. The number of rotatable bonds is 6. The van der Waals surface area contributed by atoms with Crippen LogP contribution in [0.4, 0.5) is 4.79 Å². The number of carbonyl (C=O) groups is 2. The van der Waals surface area contributed by atoms with Crippen molar-refractivity contribution in [3.05, 3.63) is 35.8 Å². The Morgan fingerprint density at radius 1 is 1.22 bits per heavy atom. The SMILES string of the molecule is CC(C)[C@H](C/C=C/C(=O)c1cnc2cc(C(C)(C)C)n(C)c2n1)[C@@H]1COC(C)(C)N1C(=O)OC(C)(C)C. The monoisotopic (exact) mass is 512 g/mol. The summed E-state index contributed by atoms with van der Waals surface area (Å²) >= 11 is 0. The van der Waals surface area contributed by atoms with E-state index in [1.807, 2.05) is 58.4 Å². The van der Waals surface area contributed by atoms with Crippen LogP contribution in [0, 0.1) is 11.8 Å². The molecule has 8 nitrogen and oxygen atoms in total. The molecule has 0 radical (unpaired) electrons. The molecule has 0 bridgehead atoms. The van der Waals surface area contributed by atoms with Gasteiger partial charge >= 0.3 is 6.09 Å². The highest BCUT2D eigenvalue weighted by atomic mass is 16.6. The molecule has 1 aliphatic heterocycles. The van der Waals surface area contributed by atoms with E-state index in [0.29, 0.717) is 24.4 Å². The van der Waals surface area contributed by atoms with E-state index in [0.717, 1.165) is 11.2 Å². The first kappa shape index (κ1) is 28.8. The summed E-state index contributed by atoms with van der Waals surface area (Å²) in [6.07, 6.45) is 5.21. The molecule has 0 N–H and O–H groups in total. The molecule has 1 amide bonds. The van der Waals surface area contributed by atoms with Crippen molar-refractivity contribution < 1.29 is 19.1 Å². The summed E-state index contributed by atoms with van der Waals surface area (Å²) < 4.78 is 13.7. The Balaban J connectivity index is 1.79. The maximum absolute atomic E-state index is 13.1. The minimum absolute atomic E-state index is 0.0568. The van der Waals surface area contributed by atoms with Crippen LogP contribution in [0.1, 0.15) is 91.8 Å². The predicted octanol–water partition coefficient (Wildman–Crippen LogP) is 6.04. The second-order valence-electron chi connectivity index (χ2n) is 12.9. The Morgan fingerprint density at radius 3 is 2.43 bits per heavy atom. The normalized spacial score (nSPS) is 19.2. The number of amides is 1. The van der Waals surface area contributed by atoms with E-state index in [-0.39, 0.29) is 35.2 Å². The Labute approximate surface area is 221 Å². The third-order valence-corrected chi connectivity index (χ3v) is 6.89. The predicted molar refractivity (Wildman–Crippen MR) is 146 cm³/mol. The van der Waals surface area contributed by atoms with Gasteiger partial charge in [-0.2, -0.15) is 0 Å². The lowest BCUT2D eigenvalue weighted by molar-refractivity contribution is -0.0652. The van der Waals surface area contributed by atoms with Gasteiger partial charge in [-0.25, -0.2) is 9.78 Å². The lowest BCUT2D eigenvalue weighted by Crippen LogP contribution is -2.52. The van der Waals surface area contributed by atoms with Crippen LogP contribution in [0.25, 0.3) is 11.2 Å². The number of nitrogens with zero attached hydrogens (tertiary/aromatic N) is 4. The number of hydrogen-bond donors (Lipinski definition) is 0. The number of ketones is 1. The topological polar surface area (TPSA) is 86.6 Å². The zero-order valence-electron chi connectivity index (χ0n) is 24.4. The van der Waals surface area contributed by atoms with Gasteiger partial charge in [-0.15, -0.1) is 0 Å². The van der Waals surface area contributed by atoms with Gasteiger partial charge < -0.3 is 14.0 Å². The summed E-state index contributed by atoms with van der Waals surface area (Å²) in [5.41, 5.74) is 1.46. The highest BCUT2D eigenvalue weighted by molar-refractivity contribution is 6.03. The van der Waals surface area contributed by atoms with Crippen LogP contribution in [-0.4, -0.2) is 55.3 Å². The molecular formula is C29H44N4O4. The van der Waals surface area contributed by atoms with E-state index in [2.05, 4.69) is 44.6 Å². The van der Waals surface area contributed by atoms with Crippen LogP contribution < -0.4 is 0 Å². The number of fused-ring (bicyclic) bond motifs is 1. The molecule has 2 aromatic rings. The van der Waals surface area contributed by atoms with E-state index < -0.39 is 11.3 Å². The quantitative estimate of drug-likeness (QED) is 0.346. The molecule has 1 fully saturated rings. The number of aryl methyl sites for hydroxylation is 1. The molecule has 0 unspecified atom stereocenters. The van der Waals surface area contributed by atoms with Gasteiger partial charge in [0.15, 0.2) is 5.65 Å². The Morgan fingerprint density at radius 2 is 1.86 bits per heavy atom. The number of hydrogen-bond acceptors (Lipinski definition) is 6. The summed E-state index contributed by atoms with van der Waals surface area (Å²) in [7, 11) is 1.95. The van der Waals surface area contributed by atoms with Crippen LogP contribution in [0.3, 0.4) is 0 Å². The van der Waals surface area contributed by atoms with Gasteiger partial charge in [0.1, 0.15) is 22.5 Å². The van der Waals surface area contributed by atoms with Gasteiger partial charge in [-0.1, -0.05) is 40.7 Å². The average molecular weight is 513 g/mol. The van der Waals surface area contributed by atoms with Gasteiger partial charge in [-0.3, -0.25) is 14.7 Å². The summed E-state index contributed by atoms with van der Waals surface area (Å²) in [5, 5.41) is 0. The standard InChI is InChI=1S/C29H44N4O4/c1-18(2)19(22-17-36-29(9,10)33(22)26(35)37-28(6,7)8)13-12-14-23(34)21-16-30-20-15-24(27(3,4)5)32(11)25(20)31-21/h12,14-16,18-19,22H,13,17H2,1-11H3/b14-12+/t19-,22-/m0/s1. The maximum atomic E-state index is 13.1. The summed E-state index contributed by atoms with van der Waals surface area (Å²) in [4.78, 5) is 36.9. The molecular weight excluding hydrogens is 468 g/mol. The summed E-state index contributed by atoms with van der Waals surface area (Å²) in [6, 6.07) is 1.86. The molecule has 0 spiro atoms. The van der Waals surface area contributed by atoms with Crippen molar-refractivity contribution >= 4 is 23.0 Å². The van der Waals surface area contributed by atoms with E-state index in [1.54, 1.807) is 17.2 Å². The third-order valence-electron chi connectivity index (χ3n) is 6.89. The van der Waals surface area contributed by atoms with Crippen LogP contribution in [0.2, 0.25) is 0 Å². The first-order chi connectivity index (χ1) is 16.9. The summed E-state index contributed by atoms with van der Waals surface area (Å²) in [5.74, 6) is 0.138. The van der Waals surface area contributed by atoms with Gasteiger partial charge in [0.2, 0.25) is 5.78 Å². The number of aromatic nitrogens is 3. The van der Waals surface area contributed by atoms with Crippen molar-refractivity contribution in [2.75, 3.05) is 6.61 Å². The molecule has 2 aromatic heterocycles. The number of ether oxygens (including phenoxy) is 2. The zero-order valence-corrected chi connectivity index (χ0v) is 24.4. The first-order valence-corrected chi connectivity index (χ1v) is 13.1. The van der Waals surface area contributed by atoms with E-state index >= 15 is 0 Å². The van der Waals surface area contributed by atoms with Gasteiger partial charge in [0, 0.05) is 18.2 Å². The van der Waals surface area contributed by atoms with Crippen molar-refractivity contribution in [3.8, 4) is 0 Å². The van der Waals surface area contributed by atoms with E-state index in [4.69, 9.17) is 9.47 Å². The van der Waals surface area contributed by atoms with Crippen molar-refractivity contribution in [2.45, 2.75) is 98.4 Å². The van der Waals surface area contributed by atoms with Crippen LogP contribution in [0.5, 0.6) is 0 Å². The summed E-state index contributed by atoms with van der Waals surface area (Å²) in [6.45, 7) is 20.4. The average Bonchev–Trinajstić information content (AvgIpc) is 3.25. The first-order valence-electron chi connectivity index (χ1n) is 13.1. The van der Waals surface area contributed by atoms with Crippen LogP contribution in [-0.2, 0) is 21.9 Å². The molecule has 37 heavy (non-hydrogen) atoms. The second kappa shape index (κ2) is 10.2. The number of carbonyl (C=O) groups excluding carboxylic acids is 2. The molecule has 0 aromatic carbocycles. The maximum Gasteiger partial charge on any atom is 0.412 e. The van der Waals surface area contributed by atoms with E-state index in [1.165, 1.54) is 0 Å². The molecule has 1 saturated heterocycles. The largest absolute Gasteiger partial charge is 0.444 e. The Kier molecular flexibility index (Phi) is 7.94. The minimum Gasteiger partial charge on any atom is -0.444 e. The van der Waals surface area contributed by atoms with E-state index in [9.17, 15) is 9.59 Å². The molecule has 2 atom stereocenters. The van der Waals surface area contributed by atoms with Crippen molar-refractivity contribution in [1.29, 1.82) is 0 Å². The zero-order chi connectivity index (χ0) is 27.9. The fourth-order valence-electron chi connectivity index (χ4n) is 5.02. The van der Waals surface area contributed by atoms with Crippen LogP contribution in [0.15, 0.2) is 24.4 Å². The van der Waals surface area contributed by atoms with Crippen molar-refractivity contribution in [1.82, 2.24) is 19.4 Å². The van der Waals surface area contributed by atoms with Gasteiger partial charge in [0.05, 0.1) is 18.8 Å². The molecule has 0 aliphatic carbocycles. The van der Waals surface area contributed by atoms with Gasteiger partial charge in [0.25, 0.3) is 0 Å². The minimum atomic E-state index is -0.772. The fraction of sp³-hybridized carbons (Fsp3) is 0.655. The van der Waals surface area contributed by atoms with Gasteiger partial charge in [-0.05, 0) is 65.0 Å². The highest BCUT2D eigenvalue weighted by Crippen LogP contribution is 2.37. The molecule has 204 valence electrons. The third kappa shape index (κ3) is 6.40. The Bertz CT molecular complexity index is 1180. The molecule has 3 rings (SSSR count). The molecule has 1 aliphatic rings. The van der Waals surface area contributed by atoms with Crippen LogP contribution >= 0.6 is 0 Å². The van der Waals surface area contributed by atoms with Crippen molar-refractivity contribution in [3.63, 3.8) is 0 Å². The molecule has 0 saturated carbocycles. The lowest BCUT2D eigenvalue weighted by Gasteiger charge is -2.38. The van der Waals surface area contributed by atoms with Crippen molar-refractivity contribution in [2.24, 2.45) is 18.9 Å². The smallest absolute Gasteiger partial charge is 0.412 e. The Hall–Kier alpha value is -2.74. The molecule has 8 heteroatoms. The second-order valence-corrected chi connectivity index (χ2v) is 12.9.